The average Bonchev–Trinajstić information content (AvgIpc) is 3.08. The molecule has 0 aliphatic carbocycles. The van der Waals surface area contributed by atoms with Gasteiger partial charge in [-0.1, -0.05) is 71.9 Å². The third kappa shape index (κ3) is 3.65. The molecule has 0 N–H and O–H groups in total. The molecule has 4 aromatic rings. The van der Waals surface area contributed by atoms with Crippen molar-refractivity contribution < 1.29 is 0 Å². The summed E-state index contributed by atoms with van der Waals surface area (Å²) in [5.41, 5.74) is 3.59. The summed E-state index contributed by atoms with van der Waals surface area (Å²) < 4.78 is 4.51. The lowest BCUT2D eigenvalue weighted by molar-refractivity contribution is 0.696. The summed E-state index contributed by atoms with van der Waals surface area (Å²) in [5.74, 6) is 0.728. The standard InChI is InChI=1S/C22H22N4O2S/c1-15-8-7-11-17(12-15)13-26-18-19(24(2)22(28)25(3)20(18)27)23-21(26)29-14-16-9-5-4-6-10-16/h4-12H,13-14H2,1-3H3. The van der Waals surface area contributed by atoms with E-state index in [2.05, 4.69) is 23.2 Å². The number of rotatable bonds is 5. The Labute approximate surface area is 172 Å². The van der Waals surface area contributed by atoms with E-state index in [1.165, 1.54) is 17.2 Å². The smallest absolute Gasteiger partial charge is 0.309 e. The zero-order valence-corrected chi connectivity index (χ0v) is 17.4. The maximum Gasteiger partial charge on any atom is 0.332 e. The van der Waals surface area contributed by atoms with Crippen molar-refractivity contribution >= 4 is 22.9 Å². The predicted molar refractivity (Wildman–Crippen MR) is 116 cm³/mol. The van der Waals surface area contributed by atoms with Crippen molar-refractivity contribution in [1.82, 2.24) is 18.7 Å². The first kappa shape index (κ1) is 19.3. The van der Waals surface area contributed by atoms with Crippen LogP contribution in [-0.4, -0.2) is 18.7 Å². The third-order valence-electron chi connectivity index (χ3n) is 4.95. The first-order chi connectivity index (χ1) is 14.0. The molecule has 0 aliphatic heterocycles. The molecule has 0 fully saturated rings. The first-order valence-electron chi connectivity index (χ1n) is 9.34. The zero-order valence-electron chi connectivity index (χ0n) is 16.6. The molecule has 0 spiro atoms. The molecule has 4 rings (SSSR count). The van der Waals surface area contributed by atoms with Crippen molar-refractivity contribution in [3.8, 4) is 0 Å². The van der Waals surface area contributed by atoms with E-state index < -0.39 is 0 Å². The van der Waals surface area contributed by atoms with E-state index in [1.807, 2.05) is 47.9 Å². The summed E-state index contributed by atoms with van der Waals surface area (Å²) in [5, 5.41) is 0.726. The summed E-state index contributed by atoms with van der Waals surface area (Å²) in [6.45, 7) is 2.56. The van der Waals surface area contributed by atoms with Crippen molar-refractivity contribution in [2.75, 3.05) is 0 Å². The van der Waals surface area contributed by atoms with Gasteiger partial charge in [0.25, 0.3) is 5.56 Å². The molecule has 7 heteroatoms. The summed E-state index contributed by atoms with van der Waals surface area (Å²) in [6, 6.07) is 18.3. The lowest BCUT2D eigenvalue weighted by Crippen LogP contribution is -2.37. The van der Waals surface area contributed by atoms with Crippen molar-refractivity contribution in [1.29, 1.82) is 0 Å². The molecule has 2 aromatic carbocycles. The van der Waals surface area contributed by atoms with Gasteiger partial charge in [0, 0.05) is 19.8 Å². The maximum absolute atomic E-state index is 12.9. The number of aryl methyl sites for hydroxylation is 2. The molecule has 0 aliphatic rings. The lowest BCUT2D eigenvalue weighted by Gasteiger charge is -2.10. The minimum atomic E-state index is -0.373. The van der Waals surface area contributed by atoms with E-state index in [-0.39, 0.29) is 11.2 Å². The Morgan fingerprint density at radius 1 is 0.931 bits per heavy atom. The minimum Gasteiger partial charge on any atom is -0.309 e. The van der Waals surface area contributed by atoms with Gasteiger partial charge in [-0.2, -0.15) is 0 Å². The van der Waals surface area contributed by atoms with Crippen molar-refractivity contribution in [2.24, 2.45) is 14.1 Å². The Morgan fingerprint density at radius 3 is 2.38 bits per heavy atom. The molecule has 0 saturated heterocycles. The van der Waals surface area contributed by atoms with Gasteiger partial charge in [-0.15, -0.1) is 0 Å². The van der Waals surface area contributed by atoms with Crippen LogP contribution in [0.1, 0.15) is 16.7 Å². The van der Waals surface area contributed by atoms with Crippen molar-refractivity contribution in [3.05, 3.63) is 92.1 Å². The van der Waals surface area contributed by atoms with Gasteiger partial charge in [0.05, 0.1) is 6.54 Å². The molecule has 0 unspecified atom stereocenters. The van der Waals surface area contributed by atoms with Gasteiger partial charge in [0.1, 0.15) is 0 Å². The van der Waals surface area contributed by atoms with Gasteiger partial charge in [-0.3, -0.25) is 13.9 Å². The van der Waals surface area contributed by atoms with Crippen LogP contribution in [0.2, 0.25) is 0 Å². The van der Waals surface area contributed by atoms with Gasteiger partial charge in [-0.05, 0) is 18.1 Å². The van der Waals surface area contributed by atoms with Gasteiger partial charge in [-0.25, -0.2) is 9.78 Å². The van der Waals surface area contributed by atoms with E-state index in [4.69, 9.17) is 0 Å². The average molecular weight is 407 g/mol. The summed E-state index contributed by atoms with van der Waals surface area (Å²) in [6.07, 6.45) is 0. The number of thioether (sulfide) groups is 1. The van der Waals surface area contributed by atoms with Crippen LogP contribution in [0.5, 0.6) is 0 Å². The fraction of sp³-hybridized carbons (Fsp3) is 0.227. The molecular formula is C22H22N4O2S. The number of hydrogen-bond acceptors (Lipinski definition) is 4. The number of imidazole rings is 1. The molecule has 2 aromatic heterocycles. The Bertz CT molecular complexity index is 1300. The second kappa shape index (κ2) is 7.75. The van der Waals surface area contributed by atoms with Gasteiger partial charge >= 0.3 is 5.69 Å². The Morgan fingerprint density at radius 2 is 1.66 bits per heavy atom. The van der Waals surface area contributed by atoms with Gasteiger partial charge in [0.2, 0.25) is 0 Å². The van der Waals surface area contributed by atoms with E-state index in [9.17, 15) is 9.59 Å². The number of fused-ring (bicyclic) bond motifs is 1. The highest BCUT2D eigenvalue weighted by molar-refractivity contribution is 7.98. The normalized spacial score (nSPS) is 11.3. The summed E-state index contributed by atoms with van der Waals surface area (Å²) in [4.78, 5) is 30.0. The molecule has 0 bridgehead atoms. The highest BCUT2D eigenvalue weighted by atomic mass is 32.2. The van der Waals surface area contributed by atoms with E-state index in [0.29, 0.717) is 17.7 Å². The quantitative estimate of drug-likeness (QED) is 0.478. The van der Waals surface area contributed by atoms with Crippen LogP contribution < -0.4 is 11.2 Å². The highest BCUT2D eigenvalue weighted by Crippen LogP contribution is 2.26. The molecule has 148 valence electrons. The molecule has 0 amide bonds. The molecular weight excluding hydrogens is 384 g/mol. The fourth-order valence-corrected chi connectivity index (χ4v) is 4.35. The first-order valence-corrected chi connectivity index (χ1v) is 10.3. The van der Waals surface area contributed by atoms with Crippen molar-refractivity contribution in [2.45, 2.75) is 24.4 Å². The SMILES string of the molecule is Cc1cccc(Cn2c(SCc3ccccc3)nc3c2c(=O)n(C)c(=O)n3C)c1. The third-order valence-corrected chi connectivity index (χ3v) is 5.99. The summed E-state index contributed by atoms with van der Waals surface area (Å²) >= 11 is 1.57. The van der Waals surface area contributed by atoms with Gasteiger partial charge in [0.15, 0.2) is 16.3 Å². The van der Waals surface area contributed by atoms with Gasteiger partial charge < -0.3 is 4.57 Å². The second-order valence-electron chi connectivity index (χ2n) is 7.12. The Kier molecular flexibility index (Phi) is 5.15. The lowest BCUT2D eigenvalue weighted by atomic mass is 10.1. The summed E-state index contributed by atoms with van der Waals surface area (Å²) in [7, 11) is 3.16. The molecule has 0 radical (unpaired) electrons. The zero-order chi connectivity index (χ0) is 20.5. The molecule has 2 heterocycles. The fourth-order valence-electron chi connectivity index (χ4n) is 3.40. The van der Waals surface area contributed by atoms with Crippen LogP contribution in [0.25, 0.3) is 11.2 Å². The molecule has 6 nitrogen and oxygen atoms in total. The van der Waals surface area contributed by atoms with Crippen LogP contribution in [-0.2, 0) is 26.4 Å². The molecule has 29 heavy (non-hydrogen) atoms. The van der Waals surface area contributed by atoms with E-state index in [0.717, 1.165) is 26.6 Å². The van der Waals surface area contributed by atoms with Crippen LogP contribution in [0.3, 0.4) is 0 Å². The Balaban J connectivity index is 1.86. The van der Waals surface area contributed by atoms with Crippen LogP contribution in [0.4, 0.5) is 0 Å². The number of aromatic nitrogens is 4. The van der Waals surface area contributed by atoms with Crippen LogP contribution in [0.15, 0.2) is 69.3 Å². The highest BCUT2D eigenvalue weighted by Gasteiger charge is 2.19. The van der Waals surface area contributed by atoms with E-state index >= 15 is 0 Å². The topological polar surface area (TPSA) is 61.8 Å². The number of benzene rings is 2. The van der Waals surface area contributed by atoms with E-state index in [1.54, 1.807) is 18.8 Å². The predicted octanol–water partition coefficient (Wildman–Crippen LogP) is 3.08. The minimum absolute atomic E-state index is 0.324. The van der Waals surface area contributed by atoms with Crippen LogP contribution in [0, 0.1) is 6.92 Å². The number of nitrogens with zero attached hydrogens (tertiary/aromatic N) is 4. The Hall–Kier alpha value is -3.06. The van der Waals surface area contributed by atoms with Crippen molar-refractivity contribution in [3.63, 3.8) is 0 Å². The maximum atomic E-state index is 12.9. The molecule has 0 atom stereocenters. The molecule has 0 saturated carbocycles. The largest absolute Gasteiger partial charge is 0.332 e. The second-order valence-corrected chi connectivity index (χ2v) is 8.06. The monoisotopic (exact) mass is 406 g/mol. The van der Waals surface area contributed by atoms with Crippen LogP contribution >= 0.6 is 11.8 Å². The number of hydrogen-bond donors (Lipinski definition) is 0.